The lowest BCUT2D eigenvalue weighted by molar-refractivity contribution is -0.124. The van der Waals surface area contributed by atoms with Gasteiger partial charge in [0.1, 0.15) is 0 Å². The van der Waals surface area contributed by atoms with Crippen LogP contribution in [-0.4, -0.2) is 27.3 Å². The highest BCUT2D eigenvalue weighted by atomic mass is 16.3. The lowest BCUT2D eigenvalue weighted by Crippen LogP contribution is -2.41. The van der Waals surface area contributed by atoms with Gasteiger partial charge in [-0.05, 0) is 59.7 Å². The summed E-state index contributed by atoms with van der Waals surface area (Å²) in [5.41, 5.74) is 2.97. The number of rotatable bonds is 5. The summed E-state index contributed by atoms with van der Waals surface area (Å²) in [6.07, 6.45) is 8.27. The van der Waals surface area contributed by atoms with Gasteiger partial charge >= 0.3 is 0 Å². The fraction of sp³-hybridized carbons (Fsp3) is 0.261. The third-order valence-electron chi connectivity index (χ3n) is 5.54. The average molecular weight is 377 g/mol. The van der Waals surface area contributed by atoms with Crippen LogP contribution >= 0.6 is 0 Å². The summed E-state index contributed by atoms with van der Waals surface area (Å²) in [4.78, 5) is 13.0. The molecule has 2 aromatic rings. The molecule has 4 N–H and O–H groups in total. The number of hydrogen-bond donors (Lipinski definition) is 4. The van der Waals surface area contributed by atoms with Crippen LogP contribution in [0, 0.1) is 0 Å². The van der Waals surface area contributed by atoms with Crippen molar-refractivity contribution in [2.24, 2.45) is 0 Å². The summed E-state index contributed by atoms with van der Waals surface area (Å²) in [5.74, 6) is -0.448. The number of aromatic hydroxyl groups is 2. The molecular weight excluding hydrogens is 354 g/mol. The van der Waals surface area contributed by atoms with E-state index in [9.17, 15) is 20.1 Å². The Morgan fingerprint density at radius 1 is 1.11 bits per heavy atom. The van der Waals surface area contributed by atoms with Crippen LogP contribution in [0.3, 0.4) is 0 Å². The molecular formula is C23H23NO4. The maximum atomic E-state index is 13.0. The highest BCUT2D eigenvalue weighted by Gasteiger charge is 2.51. The topological polar surface area (TPSA) is 89.8 Å². The molecule has 1 atom stereocenters. The molecule has 0 bridgehead atoms. The van der Waals surface area contributed by atoms with Gasteiger partial charge in [-0.15, -0.1) is 0 Å². The second kappa shape index (κ2) is 7.17. The summed E-state index contributed by atoms with van der Waals surface area (Å²) < 4.78 is 0. The van der Waals surface area contributed by atoms with E-state index in [0.717, 1.165) is 35.1 Å². The molecule has 0 radical (unpaired) electrons. The van der Waals surface area contributed by atoms with Crippen LogP contribution in [0.25, 0.3) is 5.57 Å². The molecule has 1 saturated carbocycles. The van der Waals surface area contributed by atoms with E-state index in [1.54, 1.807) is 6.07 Å². The zero-order valence-corrected chi connectivity index (χ0v) is 15.4. The third kappa shape index (κ3) is 3.41. The highest BCUT2D eigenvalue weighted by molar-refractivity contribution is 5.92. The number of aliphatic hydroxyl groups is 1. The Bertz CT molecular complexity index is 972. The molecule has 0 saturated heterocycles. The first kappa shape index (κ1) is 18.3. The first-order valence-corrected chi connectivity index (χ1v) is 9.44. The van der Waals surface area contributed by atoms with Gasteiger partial charge in [0.05, 0.1) is 18.1 Å². The molecule has 4 rings (SSSR count). The highest BCUT2D eigenvalue weighted by Crippen LogP contribution is 2.50. The summed E-state index contributed by atoms with van der Waals surface area (Å²) in [6.45, 7) is -0.00695. The van der Waals surface area contributed by atoms with E-state index in [1.165, 1.54) is 12.1 Å². The van der Waals surface area contributed by atoms with Crippen molar-refractivity contribution in [3.8, 4) is 11.5 Å². The quantitative estimate of drug-likeness (QED) is 0.603. The number of phenols is 2. The second-order valence-corrected chi connectivity index (χ2v) is 7.48. The molecule has 28 heavy (non-hydrogen) atoms. The normalized spacial score (nSPS) is 19.8. The molecule has 0 spiro atoms. The SMILES string of the molecule is O=C(NC1C=C(c2cccc(CO)c2)C=CC1)C1(c2ccc(O)c(O)c2)CC1. The van der Waals surface area contributed by atoms with Crippen molar-refractivity contribution in [3.05, 3.63) is 77.4 Å². The number of phenolic OH excluding ortho intramolecular Hbond substituents is 2. The van der Waals surface area contributed by atoms with E-state index in [2.05, 4.69) is 5.32 Å². The Balaban J connectivity index is 1.52. The molecule has 0 aromatic heterocycles. The number of hydrogen-bond acceptors (Lipinski definition) is 4. The number of carbonyl (C=O) groups excluding carboxylic acids is 1. The standard InChI is InChI=1S/C23H23NO4/c25-14-15-3-1-4-16(11-15)17-5-2-6-19(12-17)24-22(28)23(9-10-23)18-7-8-20(26)21(27)13-18/h1-5,7-8,11-13,19,25-27H,6,9-10,14H2,(H,24,28). The first-order chi connectivity index (χ1) is 13.5. The molecule has 1 unspecified atom stereocenters. The monoisotopic (exact) mass is 377 g/mol. The van der Waals surface area contributed by atoms with E-state index in [-0.39, 0.29) is 30.1 Å². The minimum atomic E-state index is -0.628. The predicted octanol–water partition coefficient (Wildman–Crippen LogP) is 3.15. The Kier molecular flexibility index (Phi) is 4.69. The van der Waals surface area contributed by atoms with Gasteiger partial charge in [0, 0.05) is 0 Å². The van der Waals surface area contributed by atoms with Gasteiger partial charge in [-0.1, -0.05) is 42.5 Å². The second-order valence-electron chi connectivity index (χ2n) is 7.48. The van der Waals surface area contributed by atoms with Crippen LogP contribution in [0.2, 0.25) is 0 Å². The summed E-state index contributed by atoms with van der Waals surface area (Å²) in [5, 5.41) is 31.8. The minimum absolute atomic E-state index is 0.00695. The molecule has 2 aromatic carbocycles. The van der Waals surface area contributed by atoms with Crippen LogP contribution in [0.5, 0.6) is 11.5 Å². The van der Waals surface area contributed by atoms with Gasteiger partial charge in [0.2, 0.25) is 5.91 Å². The predicted molar refractivity (Wildman–Crippen MR) is 107 cm³/mol. The van der Waals surface area contributed by atoms with E-state index >= 15 is 0 Å². The molecule has 1 fully saturated rings. The average Bonchev–Trinajstić information content (AvgIpc) is 3.52. The molecule has 144 valence electrons. The maximum absolute atomic E-state index is 13.0. The van der Waals surface area contributed by atoms with Crippen molar-refractivity contribution < 1.29 is 20.1 Å². The van der Waals surface area contributed by atoms with Crippen molar-refractivity contribution in [2.75, 3.05) is 0 Å². The lowest BCUT2D eigenvalue weighted by atomic mass is 9.92. The molecule has 0 aliphatic heterocycles. The zero-order chi connectivity index (χ0) is 19.7. The van der Waals surface area contributed by atoms with Gasteiger partial charge in [-0.3, -0.25) is 4.79 Å². The molecule has 0 heterocycles. The van der Waals surface area contributed by atoms with Gasteiger partial charge in [0.25, 0.3) is 0 Å². The molecule has 2 aliphatic carbocycles. The van der Waals surface area contributed by atoms with Gasteiger partial charge < -0.3 is 20.6 Å². The maximum Gasteiger partial charge on any atom is 0.231 e. The van der Waals surface area contributed by atoms with Crippen molar-refractivity contribution in [3.63, 3.8) is 0 Å². The van der Waals surface area contributed by atoms with Crippen LogP contribution < -0.4 is 5.32 Å². The number of nitrogens with one attached hydrogen (secondary N) is 1. The lowest BCUT2D eigenvalue weighted by Gasteiger charge is -2.23. The van der Waals surface area contributed by atoms with Crippen molar-refractivity contribution in [1.29, 1.82) is 0 Å². The van der Waals surface area contributed by atoms with E-state index < -0.39 is 5.41 Å². The van der Waals surface area contributed by atoms with E-state index in [0.29, 0.717) is 6.42 Å². The summed E-state index contributed by atoms with van der Waals surface area (Å²) in [7, 11) is 0. The summed E-state index contributed by atoms with van der Waals surface area (Å²) in [6, 6.07) is 12.2. The van der Waals surface area contributed by atoms with Crippen LogP contribution in [-0.2, 0) is 16.8 Å². The van der Waals surface area contributed by atoms with Gasteiger partial charge in [0.15, 0.2) is 11.5 Å². The first-order valence-electron chi connectivity index (χ1n) is 9.44. The number of aliphatic hydroxyl groups excluding tert-OH is 1. The largest absolute Gasteiger partial charge is 0.504 e. The molecule has 5 heteroatoms. The Hall–Kier alpha value is -3.05. The number of benzene rings is 2. The Labute approximate surface area is 163 Å². The molecule has 5 nitrogen and oxygen atoms in total. The van der Waals surface area contributed by atoms with Crippen LogP contribution in [0.15, 0.2) is 60.7 Å². The van der Waals surface area contributed by atoms with Crippen molar-refractivity contribution >= 4 is 11.5 Å². The third-order valence-corrected chi connectivity index (χ3v) is 5.54. The Morgan fingerprint density at radius 2 is 1.93 bits per heavy atom. The van der Waals surface area contributed by atoms with Crippen LogP contribution in [0.4, 0.5) is 0 Å². The fourth-order valence-electron chi connectivity index (χ4n) is 3.72. The molecule has 2 aliphatic rings. The number of amides is 1. The molecule has 1 amide bonds. The van der Waals surface area contributed by atoms with Crippen molar-refractivity contribution in [2.45, 2.75) is 37.3 Å². The summed E-state index contributed by atoms with van der Waals surface area (Å²) >= 11 is 0. The Morgan fingerprint density at radius 3 is 2.64 bits per heavy atom. The number of allylic oxidation sites excluding steroid dienone is 2. The smallest absolute Gasteiger partial charge is 0.231 e. The van der Waals surface area contributed by atoms with Gasteiger partial charge in [-0.25, -0.2) is 0 Å². The van der Waals surface area contributed by atoms with Gasteiger partial charge in [-0.2, -0.15) is 0 Å². The van der Waals surface area contributed by atoms with E-state index in [1.807, 2.05) is 42.5 Å². The minimum Gasteiger partial charge on any atom is -0.504 e. The van der Waals surface area contributed by atoms with Crippen molar-refractivity contribution in [1.82, 2.24) is 5.32 Å². The van der Waals surface area contributed by atoms with E-state index in [4.69, 9.17) is 0 Å². The number of carbonyl (C=O) groups is 1. The van der Waals surface area contributed by atoms with Crippen LogP contribution in [0.1, 0.15) is 36.0 Å². The zero-order valence-electron chi connectivity index (χ0n) is 15.4. The fourth-order valence-corrected chi connectivity index (χ4v) is 3.72.